The molecule has 1 atom stereocenters. The lowest BCUT2D eigenvalue weighted by molar-refractivity contribution is -0.163. The van der Waals surface area contributed by atoms with Gasteiger partial charge in [0.05, 0.1) is 5.60 Å². The third kappa shape index (κ3) is 7.32. The number of ether oxygens (including phenoxy) is 1. The van der Waals surface area contributed by atoms with Crippen LogP contribution >= 0.6 is 12.4 Å². The predicted octanol–water partition coefficient (Wildman–Crippen LogP) is 4.79. The van der Waals surface area contributed by atoms with Crippen molar-refractivity contribution in [2.45, 2.75) is 94.9 Å². The number of aromatic amines is 1. The second-order valence-electron chi connectivity index (χ2n) is 12.9. The van der Waals surface area contributed by atoms with Crippen LogP contribution in [0.3, 0.4) is 0 Å². The number of amides is 2. The van der Waals surface area contributed by atoms with E-state index in [1.54, 1.807) is 24.3 Å². The first-order valence-corrected chi connectivity index (χ1v) is 16.3. The van der Waals surface area contributed by atoms with Crippen LogP contribution in [0.15, 0.2) is 57.8 Å². The summed E-state index contributed by atoms with van der Waals surface area (Å²) < 4.78 is 10.6. The molecule has 2 amide bonds. The van der Waals surface area contributed by atoms with E-state index < -0.39 is 22.9 Å². The van der Waals surface area contributed by atoms with E-state index in [1.165, 1.54) is 0 Å². The van der Waals surface area contributed by atoms with Gasteiger partial charge < -0.3 is 20.1 Å². The van der Waals surface area contributed by atoms with Gasteiger partial charge in [0.25, 0.3) is 0 Å². The second kappa shape index (κ2) is 14.4. The number of piperazine rings is 1. The van der Waals surface area contributed by atoms with E-state index in [0.29, 0.717) is 74.6 Å². The number of unbranched alkanes of at least 4 members (excludes halogenated alkanes) is 1. The maximum Gasteiger partial charge on any atom is 0.439 e. The minimum Gasteiger partial charge on any atom is -0.457 e. The minimum atomic E-state index is -0.873. The summed E-state index contributed by atoms with van der Waals surface area (Å²) in [6.45, 7) is 4.82. The van der Waals surface area contributed by atoms with E-state index in [9.17, 15) is 19.5 Å². The highest BCUT2D eigenvalue weighted by atomic mass is 35.5. The van der Waals surface area contributed by atoms with Gasteiger partial charge in [-0.15, -0.1) is 12.4 Å². The second-order valence-corrected chi connectivity index (χ2v) is 12.9. The van der Waals surface area contributed by atoms with E-state index in [1.807, 2.05) is 29.2 Å². The number of likely N-dealkylation sites (tertiary alicyclic amines) is 1. The Morgan fingerprint density at radius 1 is 0.957 bits per heavy atom. The van der Waals surface area contributed by atoms with Gasteiger partial charge in [0, 0.05) is 38.2 Å². The van der Waals surface area contributed by atoms with Crippen molar-refractivity contribution in [1.82, 2.24) is 25.3 Å². The molecule has 2 saturated heterocycles. The Bertz CT molecular complexity index is 1520. The monoisotopic (exact) mass is 653 g/mol. The lowest BCUT2D eigenvalue weighted by Crippen LogP contribution is -2.73. The number of hydrogen-bond donors (Lipinski definition) is 3. The number of piperidine rings is 1. The molecule has 1 aromatic heterocycles. The standard InChI is InChI=1S/C34H43N5O6.ClH/c1-2-3-19-39-30(40)28(22-33(43)15-5-4-6-16-33)35-31(41)34(39)17-20-38(21-18-34)23-24-7-11-26(12-8-24)44-27-13-9-25(10-14-27)29-36-32(42)45-37-29;/h7-14,28,43H,2-6,15-23H2,1H3,(H,35,41)(H,36,37,42);1H/t28-;/m1./s1. The van der Waals surface area contributed by atoms with Crippen LogP contribution in [-0.2, 0) is 16.1 Å². The van der Waals surface area contributed by atoms with Crippen molar-refractivity contribution in [2.75, 3.05) is 19.6 Å². The largest absolute Gasteiger partial charge is 0.457 e. The number of nitrogens with zero attached hydrogens (tertiary/aromatic N) is 3. The Labute approximate surface area is 275 Å². The van der Waals surface area contributed by atoms with Crippen molar-refractivity contribution >= 4 is 24.2 Å². The molecule has 2 aromatic carbocycles. The fourth-order valence-corrected chi connectivity index (χ4v) is 7.12. The van der Waals surface area contributed by atoms with Crippen LogP contribution in [0.2, 0.25) is 0 Å². The molecule has 1 aliphatic carbocycles. The number of aromatic nitrogens is 2. The predicted molar refractivity (Wildman–Crippen MR) is 175 cm³/mol. The van der Waals surface area contributed by atoms with Gasteiger partial charge in [0.1, 0.15) is 23.1 Å². The van der Waals surface area contributed by atoms with Crippen molar-refractivity contribution in [3.63, 3.8) is 0 Å². The van der Waals surface area contributed by atoms with Gasteiger partial charge in [-0.2, -0.15) is 0 Å². The Morgan fingerprint density at radius 3 is 2.22 bits per heavy atom. The van der Waals surface area contributed by atoms with Crippen molar-refractivity contribution in [3.05, 3.63) is 64.6 Å². The van der Waals surface area contributed by atoms with Gasteiger partial charge in [0.15, 0.2) is 5.82 Å². The van der Waals surface area contributed by atoms with Crippen LogP contribution in [0.25, 0.3) is 11.4 Å². The summed E-state index contributed by atoms with van der Waals surface area (Å²) in [6.07, 6.45) is 7.69. The highest BCUT2D eigenvalue weighted by Gasteiger charge is 2.54. The molecule has 3 N–H and O–H groups in total. The highest BCUT2D eigenvalue weighted by Crippen LogP contribution is 2.38. The number of H-pyrrole nitrogens is 1. The highest BCUT2D eigenvalue weighted by molar-refractivity contribution is 6.00. The third-order valence-electron chi connectivity index (χ3n) is 9.73. The zero-order chi connectivity index (χ0) is 31.4. The summed E-state index contributed by atoms with van der Waals surface area (Å²) in [5, 5.41) is 17.9. The van der Waals surface area contributed by atoms with Crippen molar-refractivity contribution in [1.29, 1.82) is 0 Å². The number of nitrogens with one attached hydrogen (secondary N) is 2. The Kier molecular flexibility index (Phi) is 10.5. The molecule has 6 rings (SSSR count). The first kappa shape index (κ1) is 33.7. The summed E-state index contributed by atoms with van der Waals surface area (Å²) in [5.74, 6) is 1.02. The third-order valence-corrected chi connectivity index (χ3v) is 9.73. The van der Waals surface area contributed by atoms with Gasteiger partial charge in [-0.25, -0.2) is 4.79 Å². The molecule has 0 unspecified atom stereocenters. The van der Waals surface area contributed by atoms with Crippen LogP contribution in [-0.4, -0.2) is 73.7 Å². The van der Waals surface area contributed by atoms with E-state index >= 15 is 0 Å². The van der Waals surface area contributed by atoms with Gasteiger partial charge in [-0.1, -0.05) is 49.9 Å². The maximum atomic E-state index is 13.8. The average molecular weight is 654 g/mol. The van der Waals surface area contributed by atoms with Gasteiger partial charge in [-0.05, 0) is 74.1 Å². The zero-order valence-electron chi connectivity index (χ0n) is 26.3. The average Bonchev–Trinajstić information content (AvgIpc) is 3.48. The van der Waals surface area contributed by atoms with Crippen LogP contribution in [0.5, 0.6) is 11.5 Å². The number of carbonyl (C=O) groups excluding carboxylic acids is 2. The molecular formula is C34H44ClN5O6. The Morgan fingerprint density at radius 2 is 1.61 bits per heavy atom. The molecule has 3 aliphatic rings. The Hall–Kier alpha value is -3.67. The van der Waals surface area contributed by atoms with Gasteiger partial charge in [0.2, 0.25) is 11.8 Å². The number of halogens is 1. The first-order valence-electron chi connectivity index (χ1n) is 16.3. The molecule has 3 fully saturated rings. The molecule has 46 heavy (non-hydrogen) atoms. The summed E-state index contributed by atoms with van der Waals surface area (Å²) in [6, 6.07) is 14.5. The lowest BCUT2D eigenvalue weighted by atomic mass is 9.77. The van der Waals surface area contributed by atoms with E-state index in [2.05, 4.69) is 31.8 Å². The number of rotatable bonds is 10. The molecule has 11 nitrogen and oxygen atoms in total. The SMILES string of the molecule is CCCCN1C(=O)[C@@H](CC2(O)CCCCC2)NC(=O)C12CCN(Cc1ccc(Oc3ccc(-c4noc(=O)[nH]4)cc3)cc1)CC2.Cl. The van der Waals surface area contributed by atoms with Crippen molar-refractivity contribution in [2.24, 2.45) is 0 Å². The summed E-state index contributed by atoms with van der Waals surface area (Å²) in [5.41, 5.74) is 0.150. The number of hydrogen-bond acceptors (Lipinski definition) is 8. The number of aliphatic hydroxyl groups is 1. The number of carbonyl (C=O) groups is 2. The van der Waals surface area contributed by atoms with E-state index in [0.717, 1.165) is 44.2 Å². The fourth-order valence-electron chi connectivity index (χ4n) is 7.12. The molecule has 3 heterocycles. The van der Waals surface area contributed by atoms with E-state index in [4.69, 9.17) is 4.74 Å². The molecule has 2 aliphatic heterocycles. The smallest absolute Gasteiger partial charge is 0.439 e. The van der Waals surface area contributed by atoms with Crippen LogP contribution in [0.4, 0.5) is 0 Å². The van der Waals surface area contributed by atoms with Crippen LogP contribution in [0.1, 0.15) is 76.7 Å². The molecule has 1 saturated carbocycles. The molecule has 0 bridgehead atoms. The molecule has 248 valence electrons. The molecule has 3 aromatic rings. The van der Waals surface area contributed by atoms with Crippen LogP contribution < -0.4 is 15.8 Å². The molecular weight excluding hydrogens is 610 g/mol. The van der Waals surface area contributed by atoms with Crippen molar-refractivity contribution < 1.29 is 24.0 Å². The minimum absolute atomic E-state index is 0. The van der Waals surface area contributed by atoms with Crippen molar-refractivity contribution in [3.8, 4) is 22.9 Å². The van der Waals surface area contributed by atoms with E-state index in [-0.39, 0.29) is 24.2 Å². The maximum absolute atomic E-state index is 13.8. The summed E-state index contributed by atoms with van der Waals surface area (Å²) in [4.78, 5) is 45.5. The summed E-state index contributed by atoms with van der Waals surface area (Å²) >= 11 is 0. The van der Waals surface area contributed by atoms with Gasteiger partial charge in [-0.3, -0.25) is 24.0 Å². The van der Waals surface area contributed by atoms with Crippen LogP contribution in [0, 0.1) is 0 Å². The van der Waals surface area contributed by atoms with Gasteiger partial charge >= 0.3 is 5.76 Å². The quantitative estimate of drug-likeness (QED) is 0.284. The first-order chi connectivity index (χ1) is 21.8. The fraction of sp³-hybridized carbons (Fsp3) is 0.529. The normalized spacial score (nSPS) is 21.1. The number of benzene rings is 2. The molecule has 12 heteroatoms. The molecule has 1 spiro atoms. The molecule has 0 radical (unpaired) electrons. The zero-order valence-corrected chi connectivity index (χ0v) is 27.2. The topological polar surface area (TPSA) is 141 Å². The Balaban J connectivity index is 0.00000417. The summed E-state index contributed by atoms with van der Waals surface area (Å²) in [7, 11) is 0. The lowest BCUT2D eigenvalue weighted by Gasteiger charge is -2.52.